The van der Waals surface area contributed by atoms with Crippen molar-refractivity contribution >= 4 is 14.8 Å². The number of hydrogen-bond donors (Lipinski definition) is 0. The first-order valence-electron chi connectivity index (χ1n) is 3.90. The molecule has 12 heavy (non-hydrogen) atoms. The van der Waals surface area contributed by atoms with E-state index in [4.69, 9.17) is 13.3 Å². The molecule has 72 valence electrons. The maximum absolute atomic E-state index is 11.0. The van der Waals surface area contributed by atoms with Crippen molar-refractivity contribution in [2.24, 2.45) is 0 Å². The van der Waals surface area contributed by atoms with Gasteiger partial charge >= 0.3 is 8.80 Å². The average molecular weight is 192 g/mol. The molecule has 0 bridgehead atoms. The molecule has 5 heteroatoms. The Labute approximate surface area is 74.2 Å². The Morgan fingerprint density at radius 2 is 1.83 bits per heavy atom. The molecule has 0 N–H and O–H groups in total. The van der Waals surface area contributed by atoms with Gasteiger partial charge in [0, 0.05) is 27.2 Å². The lowest BCUT2D eigenvalue weighted by Crippen LogP contribution is -2.42. The number of rotatable bonds is 5. The first-order chi connectivity index (χ1) is 5.58. The lowest BCUT2D eigenvalue weighted by Gasteiger charge is -2.21. The Morgan fingerprint density at radius 3 is 2.17 bits per heavy atom. The Balaban J connectivity index is 3.93. The largest absolute Gasteiger partial charge is 0.564 e. The van der Waals surface area contributed by atoms with Crippen molar-refractivity contribution in [1.29, 1.82) is 0 Å². The van der Waals surface area contributed by atoms with Crippen LogP contribution in [0.1, 0.15) is 19.8 Å². The number of hydrogen-bond acceptors (Lipinski definition) is 4. The molecule has 0 saturated heterocycles. The van der Waals surface area contributed by atoms with Gasteiger partial charge in [-0.25, -0.2) is 0 Å². The SMILES string of the molecule is CCCC(=O)O[Si](C)(OC)OC. The fourth-order valence-corrected chi connectivity index (χ4v) is 1.48. The van der Waals surface area contributed by atoms with Crippen molar-refractivity contribution in [2.45, 2.75) is 26.3 Å². The van der Waals surface area contributed by atoms with E-state index in [1.54, 1.807) is 6.55 Å². The first-order valence-corrected chi connectivity index (χ1v) is 6.12. The molecule has 0 aliphatic rings. The monoisotopic (exact) mass is 192 g/mol. The molecule has 0 spiro atoms. The molecule has 0 rings (SSSR count). The summed E-state index contributed by atoms with van der Waals surface area (Å²) in [6.07, 6.45) is 1.19. The number of carbonyl (C=O) groups is 1. The van der Waals surface area contributed by atoms with Crippen LogP contribution in [0.2, 0.25) is 6.55 Å². The van der Waals surface area contributed by atoms with Crippen LogP contribution < -0.4 is 0 Å². The van der Waals surface area contributed by atoms with E-state index in [2.05, 4.69) is 0 Å². The normalized spacial score (nSPS) is 11.3. The Bertz CT molecular complexity index is 144. The van der Waals surface area contributed by atoms with E-state index in [0.717, 1.165) is 6.42 Å². The van der Waals surface area contributed by atoms with Crippen molar-refractivity contribution in [3.05, 3.63) is 0 Å². The molecule has 0 radical (unpaired) electrons. The summed E-state index contributed by atoms with van der Waals surface area (Å²) < 4.78 is 15.0. The van der Waals surface area contributed by atoms with Gasteiger partial charge in [0.1, 0.15) is 0 Å². The van der Waals surface area contributed by atoms with Crippen molar-refractivity contribution in [3.63, 3.8) is 0 Å². The van der Waals surface area contributed by atoms with E-state index in [1.165, 1.54) is 14.2 Å². The Kier molecular flexibility index (Phi) is 5.11. The standard InChI is InChI=1S/C7H16O4Si/c1-5-6-7(8)11-12(4,9-2)10-3/h5-6H2,1-4H3. The lowest BCUT2D eigenvalue weighted by molar-refractivity contribution is -0.138. The molecule has 0 unspecified atom stereocenters. The van der Waals surface area contributed by atoms with Gasteiger partial charge in [0.05, 0.1) is 0 Å². The van der Waals surface area contributed by atoms with Crippen LogP contribution in [0.3, 0.4) is 0 Å². The fraction of sp³-hybridized carbons (Fsp3) is 0.857. The predicted molar refractivity (Wildman–Crippen MR) is 46.6 cm³/mol. The molecule has 0 heterocycles. The smallest absolute Gasteiger partial charge is 0.473 e. The third kappa shape index (κ3) is 3.84. The second-order valence-electron chi connectivity index (χ2n) is 2.49. The zero-order valence-corrected chi connectivity index (χ0v) is 9.05. The second-order valence-corrected chi connectivity index (χ2v) is 5.24. The highest BCUT2D eigenvalue weighted by atomic mass is 28.4. The van der Waals surface area contributed by atoms with Crippen LogP contribution in [-0.4, -0.2) is 29.0 Å². The molecule has 4 nitrogen and oxygen atoms in total. The van der Waals surface area contributed by atoms with Crippen LogP contribution in [0.4, 0.5) is 0 Å². The van der Waals surface area contributed by atoms with Crippen LogP contribution in [0, 0.1) is 0 Å². The second kappa shape index (κ2) is 5.29. The Morgan fingerprint density at radius 1 is 1.33 bits per heavy atom. The molecular formula is C7H16O4Si. The van der Waals surface area contributed by atoms with Gasteiger partial charge in [-0.15, -0.1) is 0 Å². The maximum Gasteiger partial charge on any atom is 0.564 e. The minimum atomic E-state index is -2.65. The highest BCUT2D eigenvalue weighted by molar-refractivity contribution is 6.60. The Hall–Kier alpha value is -0.393. The highest BCUT2D eigenvalue weighted by Gasteiger charge is 2.36. The summed E-state index contributed by atoms with van der Waals surface area (Å²) in [6, 6.07) is 0. The molecule has 0 aromatic carbocycles. The van der Waals surface area contributed by atoms with Crippen molar-refractivity contribution in [1.82, 2.24) is 0 Å². The molecule has 0 atom stereocenters. The summed E-state index contributed by atoms with van der Waals surface area (Å²) in [5, 5.41) is 0. The van der Waals surface area contributed by atoms with E-state index >= 15 is 0 Å². The van der Waals surface area contributed by atoms with Crippen molar-refractivity contribution in [3.8, 4) is 0 Å². The molecular weight excluding hydrogens is 176 g/mol. The fourth-order valence-electron chi connectivity index (χ4n) is 0.629. The van der Waals surface area contributed by atoms with Crippen LogP contribution in [0.5, 0.6) is 0 Å². The first kappa shape index (κ1) is 11.6. The summed E-state index contributed by atoms with van der Waals surface area (Å²) in [7, 11) is 0.315. The van der Waals surface area contributed by atoms with E-state index in [-0.39, 0.29) is 5.97 Å². The quantitative estimate of drug-likeness (QED) is 0.614. The van der Waals surface area contributed by atoms with Crippen molar-refractivity contribution < 1.29 is 18.1 Å². The van der Waals surface area contributed by atoms with Gasteiger partial charge in [-0.1, -0.05) is 6.92 Å². The predicted octanol–water partition coefficient (Wildman–Crippen LogP) is 1.19. The van der Waals surface area contributed by atoms with Gasteiger partial charge in [0.15, 0.2) is 0 Å². The third-order valence-corrected chi connectivity index (χ3v) is 3.58. The van der Waals surface area contributed by atoms with Crippen LogP contribution >= 0.6 is 0 Å². The topological polar surface area (TPSA) is 44.8 Å². The van der Waals surface area contributed by atoms with Crippen LogP contribution in [0.25, 0.3) is 0 Å². The molecule has 0 fully saturated rings. The van der Waals surface area contributed by atoms with E-state index in [9.17, 15) is 4.79 Å². The van der Waals surface area contributed by atoms with Crippen LogP contribution in [0.15, 0.2) is 0 Å². The molecule has 0 aromatic heterocycles. The highest BCUT2D eigenvalue weighted by Crippen LogP contribution is 2.08. The van der Waals surface area contributed by atoms with E-state index in [0.29, 0.717) is 6.42 Å². The minimum absolute atomic E-state index is 0.254. The molecule has 0 saturated carbocycles. The van der Waals surface area contributed by atoms with Gasteiger partial charge in [0.2, 0.25) is 0 Å². The lowest BCUT2D eigenvalue weighted by atomic mass is 10.4. The summed E-state index contributed by atoms with van der Waals surface area (Å²) in [4.78, 5) is 11.0. The third-order valence-electron chi connectivity index (χ3n) is 1.49. The zero-order valence-electron chi connectivity index (χ0n) is 8.05. The molecule has 0 amide bonds. The van der Waals surface area contributed by atoms with Crippen LogP contribution in [-0.2, 0) is 18.1 Å². The summed E-state index contributed by atoms with van der Waals surface area (Å²) >= 11 is 0. The minimum Gasteiger partial charge on any atom is -0.473 e. The summed E-state index contributed by atoms with van der Waals surface area (Å²) in [5.41, 5.74) is 0. The van der Waals surface area contributed by atoms with Gasteiger partial charge in [-0.2, -0.15) is 0 Å². The number of carbonyl (C=O) groups excluding carboxylic acids is 1. The molecule has 0 aliphatic carbocycles. The van der Waals surface area contributed by atoms with Crippen molar-refractivity contribution in [2.75, 3.05) is 14.2 Å². The van der Waals surface area contributed by atoms with E-state index < -0.39 is 8.80 Å². The maximum atomic E-state index is 11.0. The summed E-state index contributed by atoms with van der Waals surface area (Å²) in [5.74, 6) is -0.254. The van der Waals surface area contributed by atoms with Gasteiger partial charge in [-0.05, 0) is 6.42 Å². The zero-order chi connectivity index (χ0) is 9.61. The molecule has 0 aliphatic heterocycles. The molecule has 0 aromatic rings. The van der Waals surface area contributed by atoms with Gasteiger partial charge in [0.25, 0.3) is 5.97 Å². The van der Waals surface area contributed by atoms with E-state index in [1.807, 2.05) is 6.92 Å². The summed E-state index contributed by atoms with van der Waals surface area (Å²) in [6.45, 7) is 3.60. The van der Waals surface area contributed by atoms with Gasteiger partial charge in [-0.3, -0.25) is 4.79 Å². The average Bonchev–Trinajstić information content (AvgIpc) is 2.05. The van der Waals surface area contributed by atoms with Gasteiger partial charge < -0.3 is 13.3 Å².